The normalized spacial score (nSPS) is 18.8. The Labute approximate surface area is 64.9 Å². The highest BCUT2D eigenvalue weighted by molar-refractivity contribution is 7.55. The van der Waals surface area contributed by atoms with E-state index in [1.165, 1.54) is 0 Å². The molecule has 0 spiro atoms. The van der Waals surface area contributed by atoms with Gasteiger partial charge in [-0.3, -0.25) is 9.36 Å². The molecule has 5 nitrogen and oxygen atoms in total. The third-order valence-electron chi connectivity index (χ3n) is 1.10. The number of carboxylic acid groups (broad SMARTS) is 1. The zero-order valence-electron chi connectivity index (χ0n) is 6.44. The lowest BCUT2D eigenvalue weighted by atomic mass is 10.2. The minimum absolute atomic E-state index is 0.285. The Bertz CT molecular complexity index is 187. The summed E-state index contributed by atoms with van der Waals surface area (Å²) in [6, 6.07) is -0.934. The van der Waals surface area contributed by atoms with Crippen LogP contribution in [0.3, 0.4) is 0 Å². The second-order valence-electron chi connectivity index (χ2n) is 2.31. The predicted octanol–water partition coefficient (Wildman–Crippen LogP) is 0.254. The van der Waals surface area contributed by atoms with Crippen LogP contribution in [0.1, 0.15) is 13.3 Å². The lowest BCUT2D eigenvalue weighted by Gasteiger charge is -2.13. The molecule has 0 aliphatic heterocycles. The lowest BCUT2D eigenvalue weighted by Crippen LogP contribution is -2.33. The Kier molecular flexibility index (Phi) is 3.72. The Morgan fingerprint density at radius 1 is 1.73 bits per heavy atom. The molecular weight excluding hydrogens is 169 g/mol. The summed E-state index contributed by atoms with van der Waals surface area (Å²) in [5, 5.41) is 10.6. The first-order valence-electron chi connectivity index (χ1n) is 3.17. The maximum atomic E-state index is 10.7. The van der Waals surface area contributed by atoms with Gasteiger partial charge in [0.2, 0.25) is 0 Å². The van der Waals surface area contributed by atoms with Crippen molar-refractivity contribution in [2.24, 2.45) is 0 Å². The van der Waals surface area contributed by atoms with Gasteiger partial charge in [-0.2, -0.15) is 0 Å². The quantitative estimate of drug-likeness (QED) is 0.541. The highest BCUT2D eigenvalue weighted by Gasteiger charge is 2.21. The number of carbonyl (C=O) groups is 1. The maximum Gasteiger partial charge on any atom is 0.321 e. The summed E-state index contributed by atoms with van der Waals surface area (Å²) < 4.78 is 10.7. The van der Waals surface area contributed by atoms with Gasteiger partial charge in [-0.15, -0.1) is 0 Å². The van der Waals surface area contributed by atoms with E-state index in [0.717, 1.165) is 6.66 Å². The van der Waals surface area contributed by atoms with Crippen LogP contribution in [0.15, 0.2) is 0 Å². The van der Waals surface area contributed by atoms with Crippen molar-refractivity contribution in [2.75, 3.05) is 6.66 Å². The number of nitrogens with one attached hydrogen (secondary N) is 1. The van der Waals surface area contributed by atoms with E-state index >= 15 is 0 Å². The molecule has 0 saturated heterocycles. The molecule has 66 valence electrons. The number of rotatable bonds is 4. The van der Waals surface area contributed by atoms with Gasteiger partial charge in [-0.1, -0.05) is 6.92 Å². The molecule has 2 atom stereocenters. The first-order chi connectivity index (χ1) is 4.87. The second-order valence-corrected chi connectivity index (χ2v) is 4.32. The number of hydrogen-bond donors (Lipinski definition) is 3. The fourth-order valence-electron chi connectivity index (χ4n) is 0.610. The Morgan fingerprint density at radius 2 is 2.18 bits per heavy atom. The number of hydrogen-bond acceptors (Lipinski definition) is 2. The molecule has 0 aromatic carbocycles. The first kappa shape index (κ1) is 10.6. The van der Waals surface area contributed by atoms with E-state index in [2.05, 4.69) is 5.09 Å². The van der Waals surface area contributed by atoms with Gasteiger partial charge in [0.1, 0.15) is 6.04 Å². The van der Waals surface area contributed by atoms with Crippen LogP contribution in [0.4, 0.5) is 0 Å². The van der Waals surface area contributed by atoms with E-state index in [1.54, 1.807) is 6.92 Å². The summed E-state index contributed by atoms with van der Waals surface area (Å²) in [4.78, 5) is 19.1. The van der Waals surface area contributed by atoms with E-state index < -0.39 is 19.5 Å². The summed E-state index contributed by atoms with van der Waals surface area (Å²) in [7, 11) is -3.42. The van der Waals surface area contributed by atoms with Crippen LogP contribution in [-0.4, -0.2) is 28.7 Å². The van der Waals surface area contributed by atoms with Gasteiger partial charge < -0.3 is 10.00 Å². The molecule has 3 N–H and O–H groups in total. The molecule has 0 aromatic rings. The maximum absolute atomic E-state index is 10.7. The van der Waals surface area contributed by atoms with E-state index in [4.69, 9.17) is 10.00 Å². The van der Waals surface area contributed by atoms with Crippen molar-refractivity contribution in [3.8, 4) is 0 Å². The molecule has 6 heteroatoms. The van der Waals surface area contributed by atoms with Crippen LogP contribution >= 0.6 is 7.52 Å². The number of aliphatic carboxylic acids is 1. The standard InChI is InChI=1S/C5H12NO4P/c1-3-4(5(7)8)6-11(2,9)10/h4H,3H2,1-2H3,(H,7,8)(H2,6,9,10)/t4-/m0/s1. The van der Waals surface area contributed by atoms with Crippen molar-refractivity contribution >= 4 is 13.5 Å². The smallest absolute Gasteiger partial charge is 0.321 e. The van der Waals surface area contributed by atoms with Gasteiger partial charge in [-0.05, 0) is 6.42 Å². The number of carboxylic acids is 1. The molecule has 11 heavy (non-hydrogen) atoms. The molecule has 0 heterocycles. The van der Waals surface area contributed by atoms with Gasteiger partial charge in [-0.25, -0.2) is 5.09 Å². The zero-order valence-corrected chi connectivity index (χ0v) is 7.34. The minimum atomic E-state index is -3.42. The summed E-state index contributed by atoms with van der Waals surface area (Å²) in [6.45, 7) is 2.69. The molecule has 0 radical (unpaired) electrons. The monoisotopic (exact) mass is 181 g/mol. The van der Waals surface area contributed by atoms with Crippen molar-refractivity contribution in [3.05, 3.63) is 0 Å². The van der Waals surface area contributed by atoms with Crippen molar-refractivity contribution < 1.29 is 19.4 Å². The summed E-state index contributed by atoms with van der Waals surface area (Å²) in [5.41, 5.74) is 0. The van der Waals surface area contributed by atoms with Gasteiger partial charge in [0.25, 0.3) is 7.52 Å². The molecule has 1 unspecified atom stereocenters. The molecule has 0 bridgehead atoms. The molecule has 0 rings (SSSR count). The minimum Gasteiger partial charge on any atom is -0.480 e. The van der Waals surface area contributed by atoms with Crippen molar-refractivity contribution in [2.45, 2.75) is 19.4 Å². The molecule has 0 amide bonds. The fourth-order valence-corrected chi connectivity index (χ4v) is 1.48. The van der Waals surface area contributed by atoms with Crippen LogP contribution in [0, 0.1) is 0 Å². The molecule has 0 aliphatic rings. The van der Waals surface area contributed by atoms with Crippen molar-refractivity contribution in [1.82, 2.24) is 5.09 Å². The molecular formula is C5H12NO4P. The van der Waals surface area contributed by atoms with Crippen LogP contribution in [-0.2, 0) is 9.36 Å². The fraction of sp³-hybridized carbons (Fsp3) is 0.800. The third kappa shape index (κ3) is 4.95. The molecule has 0 fully saturated rings. The van der Waals surface area contributed by atoms with Gasteiger partial charge >= 0.3 is 5.97 Å². The van der Waals surface area contributed by atoms with Crippen LogP contribution in [0.5, 0.6) is 0 Å². The highest BCUT2D eigenvalue weighted by Crippen LogP contribution is 2.30. The SMILES string of the molecule is CC[C@H](NP(C)(=O)O)C(=O)O. The van der Waals surface area contributed by atoms with Crippen LogP contribution in [0.25, 0.3) is 0 Å². The van der Waals surface area contributed by atoms with E-state index in [-0.39, 0.29) is 6.42 Å². The predicted molar refractivity (Wildman–Crippen MR) is 40.6 cm³/mol. The Hall–Kier alpha value is -0.380. The molecule has 0 saturated carbocycles. The summed E-state index contributed by atoms with van der Waals surface area (Å²) >= 11 is 0. The Morgan fingerprint density at radius 3 is 2.27 bits per heavy atom. The van der Waals surface area contributed by atoms with Crippen molar-refractivity contribution in [3.63, 3.8) is 0 Å². The van der Waals surface area contributed by atoms with Gasteiger partial charge in [0.15, 0.2) is 0 Å². The molecule has 0 aromatic heterocycles. The first-order valence-corrected chi connectivity index (χ1v) is 5.28. The second kappa shape index (κ2) is 3.85. The lowest BCUT2D eigenvalue weighted by molar-refractivity contribution is -0.139. The van der Waals surface area contributed by atoms with Crippen LogP contribution in [0.2, 0.25) is 0 Å². The van der Waals surface area contributed by atoms with Crippen molar-refractivity contribution in [1.29, 1.82) is 0 Å². The highest BCUT2D eigenvalue weighted by atomic mass is 31.2. The zero-order chi connectivity index (χ0) is 9.07. The van der Waals surface area contributed by atoms with E-state index in [9.17, 15) is 9.36 Å². The van der Waals surface area contributed by atoms with Crippen LogP contribution < -0.4 is 5.09 Å². The van der Waals surface area contributed by atoms with Gasteiger partial charge in [0, 0.05) is 6.66 Å². The third-order valence-corrected chi connectivity index (χ3v) is 1.89. The Balaban J connectivity index is 4.10. The van der Waals surface area contributed by atoms with E-state index in [1.807, 2.05) is 0 Å². The average molecular weight is 181 g/mol. The summed E-state index contributed by atoms with van der Waals surface area (Å²) in [5.74, 6) is -1.11. The van der Waals surface area contributed by atoms with Gasteiger partial charge in [0.05, 0.1) is 0 Å². The topological polar surface area (TPSA) is 86.6 Å². The summed E-state index contributed by atoms with van der Waals surface area (Å²) in [6.07, 6.45) is 0.285. The largest absolute Gasteiger partial charge is 0.480 e. The average Bonchev–Trinajstić information content (AvgIpc) is 1.80. The van der Waals surface area contributed by atoms with E-state index in [0.29, 0.717) is 0 Å². The molecule has 0 aliphatic carbocycles.